The molecule has 0 heterocycles. The molecule has 1 aromatic rings. The number of rotatable bonds is 3. The number of hydrogen-bond donors (Lipinski definition) is 1. The van der Waals surface area contributed by atoms with Gasteiger partial charge in [0.15, 0.2) is 0 Å². The molecule has 2 rings (SSSR count). The average molecular weight is 295 g/mol. The highest BCUT2D eigenvalue weighted by molar-refractivity contribution is 6.30. The van der Waals surface area contributed by atoms with E-state index >= 15 is 0 Å². The van der Waals surface area contributed by atoms with E-state index in [9.17, 15) is 4.79 Å². The van der Waals surface area contributed by atoms with Gasteiger partial charge in [-0.05, 0) is 43.4 Å². The molecular formula is C16H23ClN2O. The van der Waals surface area contributed by atoms with Crippen LogP contribution in [-0.4, -0.2) is 30.4 Å². The Bertz CT molecular complexity index is 481. The minimum absolute atomic E-state index is 0.0129. The van der Waals surface area contributed by atoms with Gasteiger partial charge in [0.2, 0.25) is 5.91 Å². The summed E-state index contributed by atoms with van der Waals surface area (Å²) < 4.78 is 0. The Kier molecular flexibility index (Phi) is 4.71. The normalized spacial score (nSPS) is 26.3. The molecule has 0 bridgehead atoms. The number of carbonyl (C=O) groups is 1. The molecule has 0 spiro atoms. The first-order valence-corrected chi connectivity index (χ1v) is 7.56. The first-order valence-electron chi connectivity index (χ1n) is 7.18. The monoisotopic (exact) mass is 294 g/mol. The van der Waals surface area contributed by atoms with Gasteiger partial charge in [0.05, 0.1) is 0 Å². The Hall–Kier alpha value is -1.06. The van der Waals surface area contributed by atoms with Gasteiger partial charge in [-0.1, -0.05) is 23.7 Å². The van der Waals surface area contributed by atoms with E-state index in [1.165, 1.54) is 5.56 Å². The third-order valence-corrected chi connectivity index (χ3v) is 5.02. The summed E-state index contributed by atoms with van der Waals surface area (Å²) in [6.45, 7) is 2.26. The molecule has 0 radical (unpaired) electrons. The van der Waals surface area contributed by atoms with Crippen molar-refractivity contribution in [1.82, 2.24) is 4.90 Å². The van der Waals surface area contributed by atoms with Gasteiger partial charge in [0.1, 0.15) is 0 Å². The molecule has 1 fully saturated rings. The molecule has 1 amide bonds. The topological polar surface area (TPSA) is 46.3 Å². The van der Waals surface area contributed by atoms with Crippen molar-refractivity contribution in [2.75, 3.05) is 13.6 Å². The quantitative estimate of drug-likeness (QED) is 0.931. The first kappa shape index (κ1) is 15.3. The van der Waals surface area contributed by atoms with Crippen LogP contribution >= 0.6 is 11.6 Å². The third kappa shape index (κ3) is 2.99. The Labute approximate surface area is 126 Å². The molecule has 0 saturated heterocycles. The van der Waals surface area contributed by atoms with Crippen molar-refractivity contribution in [2.45, 2.75) is 44.1 Å². The zero-order chi connectivity index (χ0) is 14.8. The molecule has 1 aliphatic carbocycles. The van der Waals surface area contributed by atoms with Crippen LogP contribution < -0.4 is 5.73 Å². The lowest BCUT2D eigenvalue weighted by molar-refractivity contribution is -0.130. The molecule has 1 aromatic carbocycles. The van der Waals surface area contributed by atoms with Gasteiger partial charge in [-0.25, -0.2) is 0 Å². The fourth-order valence-corrected chi connectivity index (χ4v) is 3.42. The Morgan fingerprint density at radius 1 is 1.45 bits per heavy atom. The summed E-state index contributed by atoms with van der Waals surface area (Å²) in [4.78, 5) is 13.3. The molecule has 1 saturated carbocycles. The lowest BCUT2D eigenvalue weighted by atomic mass is 9.68. The predicted octanol–water partition coefficient (Wildman–Crippen LogP) is 2.96. The second kappa shape index (κ2) is 6.15. The smallest absolute Gasteiger partial charge is 0.219 e. The van der Waals surface area contributed by atoms with Crippen molar-refractivity contribution in [3.05, 3.63) is 34.9 Å². The number of nitrogens with two attached hydrogens (primary N) is 1. The number of carbonyl (C=O) groups excluding carboxylic acids is 1. The first-order chi connectivity index (χ1) is 9.48. The van der Waals surface area contributed by atoms with Crippen LogP contribution in [0.25, 0.3) is 0 Å². The second-order valence-corrected chi connectivity index (χ2v) is 6.29. The number of benzene rings is 1. The predicted molar refractivity (Wildman–Crippen MR) is 82.9 cm³/mol. The minimum Gasteiger partial charge on any atom is -0.343 e. The number of amides is 1. The number of halogens is 1. The summed E-state index contributed by atoms with van der Waals surface area (Å²) in [7, 11) is 1.89. The molecule has 2 N–H and O–H groups in total. The second-order valence-electron chi connectivity index (χ2n) is 5.86. The Morgan fingerprint density at radius 2 is 2.10 bits per heavy atom. The standard InChI is InChI=1S/C16H23ClN2O/c1-12(20)19(2)15-6-8-16(11-18,9-7-15)13-4-3-5-14(17)10-13/h3-5,10,15H,6-9,11,18H2,1-2H3/t15-,16-. The SMILES string of the molecule is CC(=O)N(C)[C@H]1CC[C@](CN)(c2cccc(Cl)c2)CC1. The molecule has 20 heavy (non-hydrogen) atoms. The van der Waals surface area contributed by atoms with Crippen LogP contribution in [-0.2, 0) is 10.2 Å². The maximum atomic E-state index is 11.5. The molecule has 0 aliphatic heterocycles. The van der Waals surface area contributed by atoms with Crippen molar-refractivity contribution in [3.8, 4) is 0 Å². The summed E-state index contributed by atoms with van der Waals surface area (Å²) in [5.41, 5.74) is 7.32. The van der Waals surface area contributed by atoms with Crippen LogP contribution in [0.15, 0.2) is 24.3 Å². The van der Waals surface area contributed by atoms with E-state index in [1.807, 2.05) is 30.1 Å². The zero-order valence-corrected chi connectivity index (χ0v) is 13.0. The number of nitrogens with zero attached hydrogens (tertiary/aromatic N) is 1. The highest BCUT2D eigenvalue weighted by Crippen LogP contribution is 2.40. The van der Waals surface area contributed by atoms with Gasteiger partial charge in [-0.3, -0.25) is 4.79 Å². The summed E-state index contributed by atoms with van der Waals surface area (Å²) in [5.74, 6) is 0.137. The van der Waals surface area contributed by atoms with Crippen molar-refractivity contribution >= 4 is 17.5 Å². The van der Waals surface area contributed by atoms with Gasteiger partial charge < -0.3 is 10.6 Å². The average Bonchev–Trinajstić information content (AvgIpc) is 2.46. The molecule has 4 heteroatoms. The van der Waals surface area contributed by atoms with Crippen molar-refractivity contribution in [2.24, 2.45) is 5.73 Å². The van der Waals surface area contributed by atoms with Gasteiger partial charge in [-0.2, -0.15) is 0 Å². The van der Waals surface area contributed by atoms with E-state index in [0.29, 0.717) is 12.6 Å². The van der Waals surface area contributed by atoms with Crippen LogP contribution in [0.3, 0.4) is 0 Å². The fraction of sp³-hybridized carbons (Fsp3) is 0.562. The van der Waals surface area contributed by atoms with Crippen LogP contribution in [0.5, 0.6) is 0 Å². The van der Waals surface area contributed by atoms with E-state index < -0.39 is 0 Å². The van der Waals surface area contributed by atoms with Crippen molar-refractivity contribution in [1.29, 1.82) is 0 Å². The molecule has 110 valence electrons. The molecule has 1 aliphatic rings. The number of hydrogen-bond acceptors (Lipinski definition) is 2. The van der Waals surface area contributed by atoms with Crippen LogP contribution in [0.1, 0.15) is 38.2 Å². The van der Waals surface area contributed by atoms with E-state index in [2.05, 4.69) is 6.07 Å². The summed E-state index contributed by atoms with van der Waals surface area (Å²) >= 11 is 6.11. The third-order valence-electron chi connectivity index (χ3n) is 4.78. The highest BCUT2D eigenvalue weighted by Gasteiger charge is 2.37. The molecular weight excluding hydrogens is 272 g/mol. The van der Waals surface area contributed by atoms with Crippen LogP contribution in [0.4, 0.5) is 0 Å². The van der Waals surface area contributed by atoms with Crippen LogP contribution in [0, 0.1) is 0 Å². The molecule has 0 atom stereocenters. The van der Waals surface area contributed by atoms with Crippen LogP contribution in [0.2, 0.25) is 5.02 Å². The lowest BCUT2D eigenvalue weighted by Gasteiger charge is -2.42. The summed E-state index contributed by atoms with van der Waals surface area (Å²) in [6.07, 6.45) is 4.01. The Balaban J connectivity index is 2.14. The highest BCUT2D eigenvalue weighted by atomic mass is 35.5. The van der Waals surface area contributed by atoms with Gasteiger partial charge in [0, 0.05) is 37.0 Å². The largest absolute Gasteiger partial charge is 0.343 e. The maximum absolute atomic E-state index is 11.5. The summed E-state index contributed by atoms with van der Waals surface area (Å²) in [6, 6.07) is 8.37. The van der Waals surface area contributed by atoms with Crippen molar-refractivity contribution in [3.63, 3.8) is 0 Å². The van der Waals surface area contributed by atoms with E-state index in [-0.39, 0.29) is 11.3 Å². The van der Waals surface area contributed by atoms with Gasteiger partial charge in [0.25, 0.3) is 0 Å². The Morgan fingerprint density at radius 3 is 2.60 bits per heavy atom. The minimum atomic E-state index is 0.0129. The lowest BCUT2D eigenvalue weighted by Crippen LogP contribution is -2.45. The fourth-order valence-electron chi connectivity index (χ4n) is 3.23. The molecule has 0 aromatic heterocycles. The van der Waals surface area contributed by atoms with Crippen molar-refractivity contribution < 1.29 is 4.79 Å². The zero-order valence-electron chi connectivity index (χ0n) is 12.2. The summed E-state index contributed by atoms with van der Waals surface area (Å²) in [5, 5.41) is 0.762. The molecule has 3 nitrogen and oxygen atoms in total. The van der Waals surface area contributed by atoms with Gasteiger partial charge in [-0.15, -0.1) is 0 Å². The van der Waals surface area contributed by atoms with E-state index in [4.69, 9.17) is 17.3 Å². The maximum Gasteiger partial charge on any atom is 0.219 e. The van der Waals surface area contributed by atoms with E-state index in [0.717, 1.165) is 30.7 Å². The molecule has 0 unspecified atom stereocenters. The van der Waals surface area contributed by atoms with Gasteiger partial charge >= 0.3 is 0 Å². The van der Waals surface area contributed by atoms with E-state index in [1.54, 1.807) is 6.92 Å².